The monoisotopic (exact) mass is 301 g/mol. The van der Waals surface area contributed by atoms with Gasteiger partial charge in [-0.25, -0.2) is 0 Å². The number of aliphatic hydroxyl groups excluding tert-OH is 1. The summed E-state index contributed by atoms with van der Waals surface area (Å²) < 4.78 is 11.8. The maximum Gasteiger partial charge on any atom is 0.165 e. The molecule has 2 aliphatic carbocycles. The van der Waals surface area contributed by atoms with Crippen molar-refractivity contribution in [3.05, 3.63) is 35.4 Å². The number of benzene rings is 1. The van der Waals surface area contributed by atoms with Gasteiger partial charge >= 0.3 is 0 Å². The molecule has 4 nitrogen and oxygen atoms in total. The Bertz CT molecular complexity index is 685. The molecular formula is C18H21NO3. The minimum atomic E-state index is -0.539. The molecule has 5 rings (SSSR count). The van der Waals surface area contributed by atoms with Gasteiger partial charge in [-0.05, 0) is 38.1 Å². The SMILES string of the molecule is COc1[13cH][13cH]c2c3c1O[C@H]1[C@@H](O)C=C[C@H]4[C@@H](C2)N(C)CC[C@@]341. The molecule has 1 aromatic carbocycles. The van der Waals surface area contributed by atoms with Gasteiger partial charge in [0.15, 0.2) is 11.5 Å². The van der Waals surface area contributed by atoms with Crippen molar-refractivity contribution in [3.63, 3.8) is 0 Å². The molecule has 0 saturated carbocycles. The lowest BCUT2D eigenvalue weighted by Gasteiger charge is -2.56. The van der Waals surface area contributed by atoms with Crippen LogP contribution in [0.5, 0.6) is 11.5 Å². The Hall–Kier alpha value is -1.52. The van der Waals surface area contributed by atoms with Crippen molar-refractivity contribution in [1.82, 2.24) is 4.90 Å². The summed E-state index contributed by atoms with van der Waals surface area (Å²) in [6.45, 7) is 1.05. The van der Waals surface area contributed by atoms with Gasteiger partial charge in [0.05, 0.1) is 7.11 Å². The van der Waals surface area contributed by atoms with E-state index in [-0.39, 0.29) is 11.5 Å². The van der Waals surface area contributed by atoms with Crippen molar-refractivity contribution in [2.45, 2.75) is 36.5 Å². The summed E-state index contributed by atoms with van der Waals surface area (Å²) in [5.74, 6) is 2.09. The van der Waals surface area contributed by atoms with Crippen molar-refractivity contribution in [3.8, 4) is 11.5 Å². The fourth-order valence-electron chi connectivity index (χ4n) is 5.39. The van der Waals surface area contributed by atoms with Crippen molar-refractivity contribution >= 4 is 0 Å². The number of nitrogens with zero attached hydrogens (tertiary/aromatic N) is 1. The van der Waals surface area contributed by atoms with Crippen LogP contribution in [-0.2, 0) is 11.8 Å². The number of likely N-dealkylation sites (N-methyl/N-ethyl adjacent to an activating group) is 1. The Morgan fingerprint density at radius 2 is 2.23 bits per heavy atom. The summed E-state index contributed by atoms with van der Waals surface area (Å²) in [5.41, 5.74) is 2.60. The minimum Gasteiger partial charge on any atom is -0.493 e. The molecule has 1 spiro atoms. The van der Waals surface area contributed by atoms with E-state index in [1.54, 1.807) is 7.11 Å². The van der Waals surface area contributed by atoms with Crippen LogP contribution in [0.4, 0.5) is 0 Å². The highest BCUT2D eigenvalue weighted by Crippen LogP contribution is 2.62. The Labute approximate surface area is 130 Å². The highest BCUT2D eigenvalue weighted by molar-refractivity contribution is 5.62. The van der Waals surface area contributed by atoms with E-state index in [4.69, 9.17) is 9.47 Å². The van der Waals surface area contributed by atoms with E-state index >= 15 is 0 Å². The molecule has 1 aromatic rings. The number of likely N-dealkylation sites (tertiary alicyclic amines) is 1. The zero-order valence-electron chi connectivity index (χ0n) is 13.0. The largest absolute Gasteiger partial charge is 0.493 e. The molecule has 5 atom stereocenters. The molecule has 116 valence electrons. The fourth-order valence-corrected chi connectivity index (χ4v) is 5.39. The highest BCUT2D eigenvalue weighted by Gasteiger charge is 2.64. The van der Waals surface area contributed by atoms with E-state index in [9.17, 15) is 5.11 Å². The number of piperidine rings is 1. The Morgan fingerprint density at radius 3 is 3.05 bits per heavy atom. The quantitative estimate of drug-likeness (QED) is 0.798. The molecule has 0 amide bonds. The number of rotatable bonds is 1. The average Bonchev–Trinajstić information content (AvgIpc) is 2.88. The Balaban J connectivity index is 1.82. The van der Waals surface area contributed by atoms with Crippen molar-refractivity contribution in [2.24, 2.45) is 5.92 Å². The second kappa shape index (κ2) is 4.06. The second-order valence-electron chi connectivity index (χ2n) is 7.11. The summed E-state index contributed by atoms with van der Waals surface area (Å²) in [5, 5.41) is 10.6. The zero-order chi connectivity index (χ0) is 15.1. The third kappa shape index (κ3) is 1.28. The molecule has 0 radical (unpaired) electrons. The number of hydrogen-bond donors (Lipinski definition) is 1. The van der Waals surface area contributed by atoms with E-state index in [0.717, 1.165) is 30.9 Å². The molecule has 2 heterocycles. The van der Waals surface area contributed by atoms with Crippen LogP contribution < -0.4 is 9.47 Å². The summed E-state index contributed by atoms with van der Waals surface area (Å²) in [4.78, 5) is 2.47. The molecule has 0 unspecified atom stereocenters. The van der Waals surface area contributed by atoms with E-state index in [2.05, 4.69) is 24.1 Å². The van der Waals surface area contributed by atoms with Crippen LogP contribution >= 0.6 is 0 Å². The molecule has 2 bridgehead atoms. The fraction of sp³-hybridized carbons (Fsp3) is 0.556. The third-order valence-electron chi connectivity index (χ3n) is 6.35. The first-order valence-corrected chi connectivity index (χ1v) is 8.10. The van der Waals surface area contributed by atoms with Crippen LogP contribution in [0.1, 0.15) is 17.5 Å². The Morgan fingerprint density at radius 1 is 1.36 bits per heavy atom. The third-order valence-corrected chi connectivity index (χ3v) is 6.35. The predicted octanol–water partition coefficient (Wildman–Crippen LogP) is 1.50. The first kappa shape index (κ1) is 13.0. The lowest BCUT2D eigenvalue weighted by atomic mass is 9.54. The lowest BCUT2D eigenvalue weighted by molar-refractivity contribution is -0.0453. The van der Waals surface area contributed by atoms with Gasteiger partial charge in [0.1, 0.15) is 12.2 Å². The molecular weight excluding hydrogens is 280 g/mol. The van der Waals surface area contributed by atoms with Crippen LogP contribution in [0.3, 0.4) is 0 Å². The molecule has 0 aromatic heterocycles. The van der Waals surface area contributed by atoms with Crippen molar-refractivity contribution in [1.29, 1.82) is 0 Å². The Kier molecular flexibility index (Phi) is 2.39. The van der Waals surface area contributed by atoms with Gasteiger partial charge in [-0.2, -0.15) is 0 Å². The number of aliphatic hydroxyl groups is 1. The van der Waals surface area contributed by atoms with Gasteiger partial charge in [0.2, 0.25) is 0 Å². The second-order valence-corrected chi connectivity index (χ2v) is 7.11. The molecule has 1 saturated heterocycles. The van der Waals surface area contributed by atoms with Gasteiger partial charge in [0.25, 0.3) is 0 Å². The summed E-state index contributed by atoms with van der Waals surface area (Å²) >= 11 is 0. The smallest absolute Gasteiger partial charge is 0.165 e. The highest BCUT2D eigenvalue weighted by atomic mass is 16.5. The molecule has 4 aliphatic rings. The topological polar surface area (TPSA) is 41.9 Å². The normalized spacial score (nSPS) is 41.0. The summed E-state index contributed by atoms with van der Waals surface area (Å²) in [6, 6.07) is 4.70. The van der Waals surface area contributed by atoms with Crippen LogP contribution in [0.2, 0.25) is 0 Å². The first-order valence-electron chi connectivity index (χ1n) is 8.10. The summed E-state index contributed by atoms with van der Waals surface area (Å²) in [6.07, 6.45) is 5.54. The van der Waals surface area contributed by atoms with Crippen LogP contribution in [0.15, 0.2) is 24.3 Å². The molecule has 1 fully saturated rings. The van der Waals surface area contributed by atoms with Gasteiger partial charge in [-0.3, -0.25) is 0 Å². The number of hydrogen-bond acceptors (Lipinski definition) is 4. The molecule has 1 N–H and O–H groups in total. The predicted molar refractivity (Wildman–Crippen MR) is 82.5 cm³/mol. The van der Waals surface area contributed by atoms with Crippen LogP contribution in [-0.4, -0.2) is 49.0 Å². The van der Waals surface area contributed by atoms with E-state index in [1.807, 2.05) is 12.1 Å². The van der Waals surface area contributed by atoms with Gasteiger partial charge in [0, 0.05) is 22.9 Å². The van der Waals surface area contributed by atoms with E-state index in [0.29, 0.717) is 12.0 Å². The maximum atomic E-state index is 10.6. The van der Waals surface area contributed by atoms with Crippen LogP contribution in [0, 0.1) is 5.92 Å². The molecule has 4 heteroatoms. The van der Waals surface area contributed by atoms with Gasteiger partial charge in [-0.1, -0.05) is 18.2 Å². The van der Waals surface area contributed by atoms with E-state index in [1.165, 1.54) is 11.1 Å². The first-order chi connectivity index (χ1) is 10.7. The van der Waals surface area contributed by atoms with Crippen LogP contribution in [0.25, 0.3) is 0 Å². The van der Waals surface area contributed by atoms with E-state index < -0.39 is 6.10 Å². The van der Waals surface area contributed by atoms with Gasteiger partial charge < -0.3 is 19.5 Å². The molecule has 22 heavy (non-hydrogen) atoms. The zero-order valence-corrected chi connectivity index (χ0v) is 13.0. The number of methoxy groups -OCH3 is 1. The van der Waals surface area contributed by atoms with Crippen molar-refractivity contribution < 1.29 is 14.6 Å². The summed E-state index contributed by atoms with van der Waals surface area (Å²) in [7, 11) is 3.91. The minimum absolute atomic E-state index is 0.0806. The average molecular weight is 301 g/mol. The number of ether oxygens (including phenoxy) is 2. The maximum absolute atomic E-state index is 10.6. The standard InChI is InChI=1S/C18H21NO3/c1-19-8-7-18-11-4-5-13(20)17(18)22-16-14(21-2)6-3-10(15(16)18)9-12(11)19/h3-6,11-13,17,20H,7-9H2,1-2H3/t11-,12+,13-,17-,18-/m0/s1/i3+1,6+1. The lowest BCUT2D eigenvalue weighted by Crippen LogP contribution is -2.64. The van der Waals surface area contributed by atoms with Crippen molar-refractivity contribution in [2.75, 3.05) is 20.7 Å². The molecule has 2 aliphatic heterocycles. The van der Waals surface area contributed by atoms with Gasteiger partial charge in [-0.15, -0.1) is 0 Å².